The Bertz CT molecular complexity index is 223. The Labute approximate surface area is 106 Å². The molecular formula is C15H29NO. The maximum absolute atomic E-state index is 5.99. The van der Waals surface area contributed by atoms with Gasteiger partial charge in [-0.05, 0) is 68.2 Å². The zero-order chi connectivity index (χ0) is 12.3. The van der Waals surface area contributed by atoms with Gasteiger partial charge in [-0.15, -0.1) is 0 Å². The highest BCUT2D eigenvalue weighted by Crippen LogP contribution is 2.43. The monoisotopic (exact) mass is 239 g/mol. The van der Waals surface area contributed by atoms with Gasteiger partial charge in [0.15, 0.2) is 0 Å². The van der Waals surface area contributed by atoms with Crippen molar-refractivity contribution in [3.05, 3.63) is 0 Å². The van der Waals surface area contributed by atoms with Gasteiger partial charge in [0.1, 0.15) is 0 Å². The van der Waals surface area contributed by atoms with Crippen molar-refractivity contribution >= 4 is 0 Å². The number of ether oxygens (including phenoxy) is 1. The van der Waals surface area contributed by atoms with E-state index in [-0.39, 0.29) is 0 Å². The van der Waals surface area contributed by atoms with Gasteiger partial charge in [0.05, 0.1) is 0 Å². The van der Waals surface area contributed by atoms with Gasteiger partial charge < -0.3 is 10.5 Å². The smallest absolute Gasteiger partial charge is 0.0468 e. The average Bonchev–Trinajstić information content (AvgIpc) is 2.39. The van der Waals surface area contributed by atoms with Crippen LogP contribution in [0.3, 0.4) is 0 Å². The van der Waals surface area contributed by atoms with E-state index in [1.165, 1.54) is 32.1 Å². The second-order valence-corrected chi connectivity index (χ2v) is 6.43. The summed E-state index contributed by atoms with van der Waals surface area (Å²) in [5.74, 6) is 4.33. The molecule has 1 aliphatic carbocycles. The summed E-state index contributed by atoms with van der Waals surface area (Å²) >= 11 is 0. The van der Waals surface area contributed by atoms with Crippen molar-refractivity contribution in [3.63, 3.8) is 0 Å². The van der Waals surface area contributed by atoms with Crippen molar-refractivity contribution in [2.75, 3.05) is 19.8 Å². The topological polar surface area (TPSA) is 35.2 Å². The molecule has 2 fully saturated rings. The van der Waals surface area contributed by atoms with Crippen molar-refractivity contribution in [3.8, 4) is 0 Å². The molecule has 3 atom stereocenters. The van der Waals surface area contributed by atoms with E-state index in [9.17, 15) is 0 Å². The second kappa shape index (κ2) is 6.19. The lowest BCUT2D eigenvalue weighted by molar-refractivity contribution is 0.0112. The predicted molar refractivity (Wildman–Crippen MR) is 71.8 cm³/mol. The van der Waals surface area contributed by atoms with Crippen LogP contribution in [0.4, 0.5) is 0 Å². The van der Waals surface area contributed by atoms with Crippen LogP contribution < -0.4 is 5.73 Å². The van der Waals surface area contributed by atoms with E-state index >= 15 is 0 Å². The minimum Gasteiger partial charge on any atom is -0.381 e. The fourth-order valence-electron chi connectivity index (χ4n) is 3.92. The SMILES string of the molecule is CC(C)C1CCC(CN)C(C2CCOCC2)C1. The molecule has 0 amide bonds. The summed E-state index contributed by atoms with van der Waals surface area (Å²) in [6, 6.07) is 0. The molecular weight excluding hydrogens is 210 g/mol. The van der Waals surface area contributed by atoms with E-state index < -0.39 is 0 Å². The Morgan fingerprint density at radius 2 is 1.82 bits per heavy atom. The van der Waals surface area contributed by atoms with Crippen molar-refractivity contribution in [1.29, 1.82) is 0 Å². The largest absolute Gasteiger partial charge is 0.381 e. The molecule has 1 saturated carbocycles. The lowest BCUT2D eigenvalue weighted by Crippen LogP contribution is -2.38. The summed E-state index contributed by atoms with van der Waals surface area (Å²) in [5.41, 5.74) is 5.99. The molecule has 3 unspecified atom stereocenters. The highest BCUT2D eigenvalue weighted by atomic mass is 16.5. The molecule has 2 aliphatic rings. The summed E-state index contributed by atoms with van der Waals surface area (Å²) in [6.45, 7) is 7.62. The molecule has 100 valence electrons. The van der Waals surface area contributed by atoms with Crippen molar-refractivity contribution in [1.82, 2.24) is 0 Å². The summed E-state index contributed by atoms with van der Waals surface area (Å²) in [5, 5.41) is 0. The molecule has 1 saturated heterocycles. The minimum absolute atomic E-state index is 0.785. The third-order valence-electron chi connectivity index (χ3n) is 5.21. The first kappa shape index (κ1) is 13.4. The average molecular weight is 239 g/mol. The van der Waals surface area contributed by atoms with E-state index in [4.69, 9.17) is 10.5 Å². The number of nitrogens with two attached hydrogens (primary N) is 1. The van der Waals surface area contributed by atoms with Crippen LogP contribution in [0.1, 0.15) is 46.0 Å². The molecule has 0 bridgehead atoms. The standard InChI is InChI=1S/C15H29NO/c1-11(2)13-3-4-14(10-16)15(9-13)12-5-7-17-8-6-12/h11-15H,3-10,16H2,1-2H3. The van der Waals surface area contributed by atoms with Crippen LogP contribution in [-0.4, -0.2) is 19.8 Å². The first-order valence-corrected chi connectivity index (χ1v) is 7.50. The Kier molecular flexibility index (Phi) is 4.87. The molecule has 0 radical (unpaired) electrons. The van der Waals surface area contributed by atoms with Gasteiger partial charge in [0.2, 0.25) is 0 Å². The lowest BCUT2D eigenvalue weighted by atomic mass is 9.65. The molecule has 0 aromatic rings. The van der Waals surface area contributed by atoms with Crippen LogP contribution >= 0.6 is 0 Å². The van der Waals surface area contributed by atoms with E-state index in [0.29, 0.717) is 0 Å². The molecule has 1 aliphatic heterocycles. The van der Waals surface area contributed by atoms with Crippen LogP contribution in [0, 0.1) is 29.6 Å². The number of hydrogen-bond acceptors (Lipinski definition) is 2. The van der Waals surface area contributed by atoms with Crippen LogP contribution in [0.25, 0.3) is 0 Å². The Morgan fingerprint density at radius 1 is 1.12 bits per heavy atom. The van der Waals surface area contributed by atoms with E-state index in [2.05, 4.69) is 13.8 Å². The zero-order valence-electron chi connectivity index (χ0n) is 11.5. The minimum atomic E-state index is 0.785. The van der Waals surface area contributed by atoms with Crippen molar-refractivity contribution in [2.24, 2.45) is 35.3 Å². The maximum atomic E-state index is 5.99. The highest BCUT2D eigenvalue weighted by molar-refractivity contribution is 4.86. The summed E-state index contributed by atoms with van der Waals surface area (Å²) in [4.78, 5) is 0. The third kappa shape index (κ3) is 3.23. The second-order valence-electron chi connectivity index (χ2n) is 6.43. The fraction of sp³-hybridized carbons (Fsp3) is 1.00. The van der Waals surface area contributed by atoms with E-state index in [0.717, 1.165) is 49.3 Å². The quantitative estimate of drug-likeness (QED) is 0.821. The van der Waals surface area contributed by atoms with Gasteiger partial charge in [-0.3, -0.25) is 0 Å². The van der Waals surface area contributed by atoms with Crippen LogP contribution in [-0.2, 0) is 4.74 Å². The first-order chi connectivity index (χ1) is 8.22. The van der Waals surface area contributed by atoms with Gasteiger partial charge in [-0.2, -0.15) is 0 Å². The predicted octanol–water partition coefficient (Wildman–Crippen LogP) is 3.06. The van der Waals surface area contributed by atoms with Gasteiger partial charge in [0, 0.05) is 13.2 Å². The molecule has 0 aromatic carbocycles. The van der Waals surface area contributed by atoms with Gasteiger partial charge >= 0.3 is 0 Å². The van der Waals surface area contributed by atoms with Crippen LogP contribution in [0.5, 0.6) is 0 Å². The van der Waals surface area contributed by atoms with Gasteiger partial charge in [0.25, 0.3) is 0 Å². The normalized spacial score (nSPS) is 36.4. The van der Waals surface area contributed by atoms with Crippen LogP contribution in [0.15, 0.2) is 0 Å². The van der Waals surface area contributed by atoms with Gasteiger partial charge in [-0.1, -0.05) is 13.8 Å². The highest BCUT2D eigenvalue weighted by Gasteiger charge is 2.36. The Hall–Kier alpha value is -0.0800. The molecule has 2 N–H and O–H groups in total. The molecule has 2 heteroatoms. The van der Waals surface area contributed by atoms with Gasteiger partial charge in [-0.25, -0.2) is 0 Å². The van der Waals surface area contributed by atoms with E-state index in [1.807, 2.05) is 0 Å². The maximum Gasteiger partial charge on any atom is 0.0468 e. The van der Waals surface area contributed by atoms with Crippen molar-refractivity contribution < 1.29 is 4.74 Å². The third-order valence-corrected chi connectivity index (χ3v) is 5.21. The zero-order valence-corrected chi connectivity index (χ0v) is 11.5. The van der Waals surface area contributed by atoms with Crippen LogP contribution in [0.2, 0.25) is 0 Å². The number of rotatable bonds is 3. The molecule has 17 heavy (non-hydrogen) atoms. The molecule has 0 aromatic heterocycles. The molecule has 2 rings (SSSR count). The fourth-order valence-corrected chi connectivity index (χ4v) is 3.92. The van der Waals surface area contributed by atoms with Crippen molar-refractivity contribution in [2.45, 2.75) is 46.0 Å². The summed E-state index contributed by atoms with van der Waals surface area (Å²) in [7, 11) is 0. The Morgan fingerprint density at radius 3 is 2.41 bits per heavy atom. The molecule has 2 nitrogen and oxygen atoms in total. The number of hydrogen-bond donors (Lipinski definition) is 1. The lowest BCUT2D eigenvalue weighted by Gasteiger charge is -2.42. The summed E-state index contributed by atoms with van der Waals surface area (Å²) < 4.78 is 5.50. The Balaban J connectivity index is 1.98. The van der Waals surface area contributed by atoms with E-state index in [1.54, 1.807) is 0 Å². The molecule has 1 heterocycles. The summed E-state index contributed by atoms with van der Waals surface area (Å²) in [6.07, 6.45) is 6.72. The first-order valence-electron chi connectivity index (χ1n) is 7.50. The molecule has 0 spiro atoms.